The van der Waals surface area contributed by atoms with Gasteiger partial charge in [-0.15, -0.1) is 0 Å². The molecule has 0 aliphatic carbocycles. The van der Waals surface area contributed by atoms with Gasteiger partial charge in [-0.05, 0) is 38.5 Å². The van der Waals surface area contributed by atoms with Gasteiger partial charge in [0.2, 0.25) is 0 Å². The molecule has 10 nitrogen and oxygen atoms in total. The van der Waals surface area contributed by atoms with E-state index in [1.807, 2.05) is 24.3 Å². The summed E-state index contributed by atoms with van der Waals surface area (Å²) in [5.41, 5.74) is 5.34. The van der Waals surface area contributed by atoms with Crippen LogP contribution in [0, 0.1) is 0 Å². The van der Waals surface area contributed by atoms with Crippen molar-refractivity contribution in [3.8, 4) is 0 Å². The van der Waals surface area contributed by atoms with Gasteiger partial charge in [0.1, 0.15) is 6.61 Å². The van der Waals surface area contributed by atoms with Gasteiger partial charge in [0.25, 0.3) is 0 Å². The molecule has 0 aromatic carbocycles. The van der Waals surface area contributed by atoms with Gasteiger partial charge in [-0.2, -0.15) is 0 Å². The van der Waals surface area contributed by atoms with E-state index >= 15 is 0 Å². The number of carbonyl (C=O) groups is 2. The Morgan fingerprint density at radius 3 is 1.70 bits per heavy atom. The molecule has 2 unspecified atom stereocenters. The second kappa shape index (κ2) is 39.4. The van der Waals surface area contributed by atoms with E-state index in [0.717, 1.165) is 57.8 Å². The number of phosphoric ester groups is 1. The van der Waals surface area contributed by atoms with E-state index in [-0.39, 0.29) is 32.6 Å². The number of rotatable bonds is 40. The molecule has 0 aromatic rings. The van der Waals surface area contributed by atoms with Gasteiger partial charge in [-0.3, -0.25) is 18.6 Å². The summed E-state index contributed by atoms with van der Waals surface area (Å²) < 4.78 is 32.7. The number of hydrogen-bond acceptors (Lipinski definition) is 9. The van der Waals surface area contributed by atoms with Crippen LogP contribution >= 0.6 is 7.82 Å². The smallest absolute Gasteiger partial charge is 0.462 e. The van der Waals surface area contributed by atoms with Crippen LogP contribution in [0.1, 0.15) is 187 Å². The maximum Gasteiger partial charge on any atom is 0.472 e. The number of phosphoric acid groups is 1. The molecule has 0 aromatic heterocycles. The van der Waals surface area contributed by atoms with Crippen LogP contribution in [0.25, 0.3) is 0 Å². The molecule has 0 saturated heterocycles. The fourth-order valence-electron chi connectivity index (χ4n) is 5.91. The average molecular weight is 786 g/mol. The molecule has 0 saturated carbocycles. The highest BCUT2D eigenvalue weighted by Crippen LogP contribution is 2.43. The first-order valence-electron chi connectivity index (χ1n) is 21.6. The van der Waals surface area contributed by atoms with E-state index in [1.54, 1.807) is 6.08 Å². The molecule has 0 aliphatic rings. The lowest BCUT2D eigenvalue weighted by atomic mass is 10.0. The number of unbranched alkanes of at least 4 members (excludes halogenated alkanes) is 21. The predicted molar refractivity (Wildman–Crippen MR) is 221 cm³/mol. The minimum Gasteiger partial charge on any atom is -0.462 e. The van der Waals surface area contributed by atoms with Gasteiger partial charge in [0.15, 0.2) is 6.10 Å². The Labute approximate surface area is 329 Å². The summed E-state index contributed by atoms with van der Waals surface area (Å²) in [7, 11) is -4.39. The average Bonchev–Trinajstić information content (AvgIpc) is 3.15. The molecule has 0 radical (unpaired) electrons. The molecule has 3 atom stereocenters. The zero-order valence-corrected chi connectivity index (χ0v) is 35.2. The molecular weight excluding hydrogens is 705 g/mol. The highest BCUT2D eigenvalue weighted by atomic mass is 31.2. The lowest BCUT2D eigenvalue weighted by molar-refractivity contribution is -0.161. The van der Waals surface area contributed by atoms with Crippen molar-refractivity contribution in [3.63, 3.8) is 0 Å². The minimum atomic E-state index is -4.39. The molecule has 0 heterocycles. The van der Waals surface area contributed by atoms with E-state index in [0.29, 0.717) is 19.3 Å². The third kappa shape index (κ3) is 38.5. The van der Waals surface area contributed by atoms with E-state index in [9.17, 15) is 24.2 Å². The third-order valence-corrected chi connectivity index (χ3v) is 10.1. The number of nitrogens with two attached hydrogens (primary N) is 1. The number of esters is 2. The van der Waals surface area contributed by atoms with Gasteiger partial charge in [-0.1, -0.05) is 172 Å². The number of carbonyl (C=O) groups excluding carboxylic acids is 2. The third-order valence-electron chi connectivity index (χ3n) is 9.12. The first-order valence-corrected chi connectivity index (χ1v) is 23.1. The van der Waals surface area contributed by atoms with Crippen LogP contribution in [0.4, 0.5) is 0 Å². The molecule has 0 spiro atoms. The Balaban J connectivity index is 4.20. The second-order valence-corrected chi connectivity index (χ2v) is 15.8. The Morgan fingerprint density at radius 1 is 0.648 bits per heavy atom. The van der Waals surface area contributed by atoms with E-state index in [2.05, 4.69) is 19.9 Å². The van der Waals surface area contributed by atoms with Crippen molar-refractivity contribution in [2.24, 2.45) is 5.73 Å². The molecule has 0 aliphatic heterocycles. The fourth-order valence-corrected chi connectivity index (χ4v) is 6.67. The summed E-state index contributed by atoms with van der Waals surface area (Å²) in [5.74, 6) is -0.877. The first-order chi connectivity index (χ1) is 26.2. The highest BCUT2D eigenvalue weighted by Gasteiger charge is 2.26. The number of aliphatic hydroxyl groups is 1. The molecule has 54 heavy (non-hydrogen) atoms. The standard InChI is InChI=1S/C43H80NO9P/c1-3-5-7-8-9-10-11-12-13-14-15-16-17-20-24-27-31-35-43(47)53-41(39-52-54(48,49)51-37-36-44)38-50-42(46)34-30-26-23-21-18-19-22-25-29-33-40(45)32-28-6-4-2/h6,22,25,28-29,33,40-41,45H,3-5,7-21,23-24,26-27,30-32,34-39,44H2,1-2H3,(H,48,49)/b25-22+,28-6+,33-29+/t40?,41-/m1/s1. The highest BCUT2D eigenvalue weighted by molar-refractivity contribution is 7.47. The van der Waals surface area contributed by atoms with Gasteiger partial charge in [-0.25, -0.2) is 4.57 Å². The zero-order valence-electron chi connectivity index (χ0n) is 34.3. The SMILES string of the molecule is CC/C=C/CC(O)/C=C/C=C/CCCCCCCC(=O)OC[C@H](COP(=O)(O)OCCN)OC(=O)CCCCCCCCCCCCCCCCCCC. The maximum atomic E-state index is 12.6. The number of aliphatic hydroxyl groups excluding tert-OH is 1. The van der Waals surface area contributed by atoms with Crippen LogP contribution in [-0.4, -0.2) is 60.5 Å². The predicted octanol–water partition coefficient (Wildman–Crippen LogP) is 11.1. The summed E-state index contributed by atoms with van der Waals surface area (Å²) >= 11 is 0. The summed E-state index contributed by atoms with van der Waals surface area (Å²) in [4.78, 5) is 34.8. The Hall–Kier alpha value is -1.81. The van der Waals surface area contributed by atoms with Crippen molar-refractivity contribution < 1.29 is 42.7 Å². The quantitative estimate of drug-likeness (QED) is 0.0180. The van der Waals surface area contributed by atoms with Gasteiger partial charge < -0.3 is 25.2 Å². The summed E-state index contributed by atoms with van der Waals surface area (Å²) in [6, 6.07) is 0. The lowest BCUT2D eigenvalue weighted by Crippen LogP contribution is -2.29. The summed E-state index contributed by atoms with van der Waals surface area (Å²) in [5, 5.41) is 9.86. The van der Waals surface area contributed by atoms with Crippen molar-refractivity contribution >= 4 is 19.8 Å². The molecule has 0 rings (SSSR count). The van der Waals surface area contributed by atoms with Crippen molar-refractivity contribution in [2.75, 3.05) is 26.4 Å². The van der Waals surface area contributed by atoms with Crippen LogP contribution in [0.3, 0.4) is 0 Å². The summed E-state index contributed by atoms with van der Waals surface area (Å²) in [6.45, 7) is 3.49. The van der Waals surface area contributed by atoms with E-state index < -0.39 is 38.6 Å². The molecule has 0 amide bonds. The largest absolute Gasteiger partial charge is 0.472 e. The van der Waals surface area contributed by atoms with Crippen molar-refractivity contribution in [1.82, 2.24) is 0 Å². The second-order valence-electron chi connectivity index (χ2n) is 14.4. The fraction of sp³-hybridized carbons (Fsp3) is 0.814. The Kier molecular flexibility index (Phi) is 38.1. The first kappa shape index (κ1) is 52.2. The minimum absolute atomic E-state index is 0.0430. The van der Waals surface area contributed by atoms with Crippen LogP contribution in [0.15, 0.2) is 36.5 Å². The van der Waals surface area contributed by atoms with Crippen LogP contribution in [-0.2, 0) is 32.7 Å². The number of ether oxygens (including phenoxy) is 2. The molecule has 0 bridgehead atoms. The van der Waals surface area contributed by atoms with Crippen LogP contribution in [0.2, 0.25) is 0 Å². The van der Waals surface area contributed by atoms with Crippen molar-refractivity contribution in [1.29, 1.82) is 0 Å². The Morgan fingerprint density at radius 2 is 1.17 bits per heavy atom. The van der Waals surface area contributed by atoms with Gasteiger partial charge >= 0.3 is 19.8 Å². The number of hydrogen-bond donors (Lipinski definition) is 3. The van der Waals surface area contributed by atoms with E-state index in [1.165, 1.54) is 83.5 Å². The molecule has 316 valence electrons. The van der Waals surface area contributed by atoms with Crippen molar-refractivity contribution in [2.45, 2.75) is 199 Å². The Bertz CT molecular complexity index is 1000. The van der Waals surface area contributed by atoms with Crippen LogP contribution in [0.5, 0.6) is 0 Å². The number of allylic oxidation sites excluding steroid dienone is 4. The monoisotopic (exact) mass is 786 g/mol. The van der Waals surface area contributed by atoms with Gasteiger partial charge in [0.05, 0.1) is 19.3 Å². The molecule has 0 fully saturated rings. The summed E-state index contributed by atoms with van der Waals surface area (Å²) in [6.07, 6.45) is 39.3. The molecular formula is C43H80NO9P. The zero-order chi connectivity index (χ0) is 39.8. The maximum absolute atomic E-state index is 12.6. The normalized spacial score (nSPS) is 14.2. The molecule has 4 N–H and O–H groups in total. The topological polar surface area (TPSA) is 155 Å². The lowest BCUT2D eigenvalue weighted by Gasteiger charge is -2.19. The van der Waals surface area contributed by atoms with Crippen molar-refractivity contribution in [3.05, 3.63) is 36.5 Å². The van der Waals surface area contributed by atoms with Crippen LogP contribution < -0.4 is 5.73 Å². The van der Waals surface area contributed by atoms with Gasteiger partial charge in [0, 0.05) is 19.4 Å². The molecule has 11 heteroatoms. The van der Waals surface area contributed by atoms with E-state index in [4.69, 9.17) is 24.3 Å².